The fraction of sp³-hybridized carbons (Fsp3) is 0.571. The summed E-state index contributed by atoms with van der Waals surface area (Å²) in [5.74, 6) is 1.78. The maximum absolute atomic E-state index is 5.63. The largest absolute Gasteiger partial charge is 0.377 e. The number of rotatable bonds is 4. The molecule has 0 saturated carbocycles. The average molecular weight is 292 g/mol. The molecule has 0 aromatic carbocycles. The summed E-state index contributed by atoms with van der Waals surface area (Å²) in [6, 6.07) is 2.52. The number of nitrogens with one attached hydrogen (secondary N) is 1. The maximum Gasteiger partial charge on any atom is 0.146 e. The Morgan fingerprint density at radius 3 is 3.05 bits per heavy atom. The lowest BCUT2D eigenvalue weighted by molar-refractivity contribution is 0.0806. The van der Waals surface area contributed by atoms with E-state index in [2.05, 4.69) is 45.6 Å². The molecule has 0 bridgehead atoms. The summed E-state index contributed by atoms with van der Waals surface area (Å²) in [6.45, 7) is 3.74. The van der Waals surface area contributed by atoms with Gasteiger partial charge in [0.15, 0.2) is 0 Å². The van der Waals surface area contributed by atoms with Crippen LogP contribution in [0.25, 0.3) is 10.2 Å². The minimum atomic E-state index is 0.286. The molecule has 6 heteroatoms. The first-order chi connectivity index (χ1) is 9.69. The smallest absolute Gasteiger partial charge is 0.146 e. The van der Waals surface area contributed by atoms with Crippen molar-refractivity contribution < 1.29 is 4.74 Å². The van der Waals surface area contributed by atoms with Crippen molar-refractivity contribution in [2.75, 3.05) is 26.0 Å². The van der Waals surface area contributed by atoms with Crippen molar-refractivity contribution in [2.24, 2.45) is 0 Å². The van der Waals surface area contributed by atoms with Crippen LogP contribution in [-0.2, 0) is 11.3 Å². The van der Waals surface area contributed by atoms with Gasteiger partial charge in [-0.15, -0.1) is 11.3 Å². The Kier molecular flexibility index (Phi) is 3.87. The third kappa shape index (κ3) is 2.51. The predicted octanol–water partition coefficient (Wildman–Crippen LogP) is 2.34. The molecule has 1 aliphatic heterocycles. The van der Waals surface area contributed by atoms with Gasteiger partial charge in [0.2, 0.25) is 0 Å². The van der Waals surface area contributed by atoms with Gasteiger partial charge < -0.3 is 10.1 Å². The highest BCUT2D eigenvalue weighted by Gasteiger charge is 2.28. The van der Waals surface area contributed by atoms with Gasteiger partial charge in [-0.1, -0.05) is 0 Å². The Morgan fingerprint density at radius 2 is 2.35 bits per heavy atom. The van der Waals surface area contributed by atoms with Gasteiger partial charge in [-0.3, -0.25) is 4.90 Å². The zero-order chi connectivity index (χ0) is 14.1. The van der Waals surface area contributed by atoms with E-state index in [9.17, 15) is 0 Å². The van der Waals surface area contributed by atoms with E-state index in [1.54, 1.807) is 11.3 Å². The normalized spacial score (nSPS) is 22.8. The molecule has 0 aliphatic carbocycles. The molecule has 1 N–H and O–H groups in total. The van der Waals surface area contributed by atoms with E-state index < -0.39 is 0 Å². The van der Waals surface area contributed by atoms with Crippen molar-refractivity contribution >= 4 is 27.4 Å². The molecule has 2 atom stereocenters. The van der Waals surface area contributed by atoms with Crippen LogP contribution in [0.4, 0.5) is 5.82 Å². The molecule has 1 aliphatic rings. The second-order valence-corrected chi connectivity index (χ2v) is 6.12. The minimum Gasteiger partial charge on any atom is -0.377 e. The number of ether oxygens (including phenoxy) is 1. The first kappa shape index (κ1) is 13.7. The third-order valence-corrected chi connectivity index (χ3v) is 4.71. The Morgan fingerprint density at radius 1 is 1.50 bits per heavy atom. The lowest BCUT2D eigenvalue weighted by atomic mass is 10.1. The highest BCUT2D eigenvalue weighted by atomic mass is 32.1. The molecule has 2 aromatic rings. The number of hydrogen-bond donors (Lipinski definition) is 1. The number of aromatic nitrogens is 2. The van der Waals surface area contributed by atoms with E-state index in [-0.39, 0.29) is 6.10 Å². The minimum absolute atomic E-state index is 0.286. The first-order valence-corrected chi connectivity index (χ1v) is 7.80. The van der Waals surface area contributed by atoms with Crippen LogP contribution in [0.5, 0.6) is 0 Å². The molecule has 0 radical (unpaired) electrons. The molecule has 1 fully saturated rings. The lowest BCUT2D eigenvalue weighted by Crippen LogP contribution is -2.36. The summed E-state index contributed by atoms with van der Waals surface area (Å²) in [6.07, 6.45) is 1.37. The van der Waals surface area contributed by atoms with E-state index in [4.69, 9.17) is 4.74 Å². The SMILES string of the molecule is CNc1nc(CN(C)C2CCOC2C)nc2sccc12. The number of thiophene rings is 1. The average Bonchev–Trinajstić information content (AvgIpc) is 3.06. The zero-order valence-corrected chi connectivity index (χ0v) is 12.9. The molecule has 0 amide bonds. The van der Waals surface area contributed by atoms with Gasteiger partial charge in [0.05, 0.1) is 18.0 Å². The van der Waals surface area contributed by atoms with E-state index in [0.717, 1.165) is 41.4 Å². The zero-order valence-electron chi connectivity index (χ0n) is 12.1. The Bertz CT molecular complexity index is 600. The van der Waals surface area contributed by atoms with Crippen molar-refractivity contribution in [3.8, 4) is 0 Å². The van der Waals surface area contributed by atoms with Crippen LogP contribution in [0.2, 0.25) is 0 Å². The molecule has 5 nitrogen and oxygen atoms in total. The fourth-order valence-electron chi connectivity index (χ4n) is 2.80. The number of fused-ring (bicyclic) bond motifs is 1. The predicted molar refractivity (Wildman–Crippen MR) is 82.2 cm³/mol. The van der Waals surface area contributed by atoms with Gasteiger partial charge in [-0.25, -0.2) is 9.97 Å². The van der Waals surface area contributed by atoms with Crippen molar-refractivity contribution in [1.29, 1.82) is 0 Å². The fourth-order valence-corrected chi connectivity index (χ4v) is 3.58. The number of nitrogens with zero attached hydrogens (tertiary/aromatic N) is 3. The van der Waals surface area contributed by atoms with Crippen LogP contribution in [0, 0.1) is 0 Å². The van der Waals surface area contributed by atoms with Crippen LogP contribution in [0.15, 0.2) is 11.4 Å². The second-order valence-electron chi connectivity index (χ2n) is 5.22. The van der Waals surface area contributed by atoms with E-state index >= 15 is 0 Å². The molecular weight excluding hydrogens is 272 g/mol. The third-order valence-electron chi connectivity index (χ3n) is 3.90. The topological polar surface area (TPSA) is 50.3 Å². The summed E-state index contributed by atoms with van der Waals surface area (Å²) in [5, 5.41) is 6.32. The van der Waals surface area contributed by atoms with Gasteiger partial charge in [-0.2, -0.15) is 0 Å². The number of hydrogen-bond acceptors (Lipinski definition) is 6. The summed E-state index contributed by atoms with van der Waals surface area (Å²) < 4.78 is 5.63. The van der Waals surface area contributed by atoms with Crippen molar-refractivity contribution in [1.82, 2.24) is 14.9 Å². The van der Waals surface area contributed by atoms with Gasteiger partial charge in [0, 0.05) is 19.7 Å². The van der Waals surface area contributed by atoms with Crippen LogP contribution < -0.4 is 5.32 Å². The van der Waals surface area contributed by atoms with Gasteiger partial charge in [0.1, 0.15) is 16.5 Å². The summed E-state index contributed by atoms with van der Waals surface area (Å²) >= 11 is 1.66. The molecule has 1 saturated heterocycles. The van der Waals surface area contributed by atoms with E-state index in [1.807, 2.05) is 7.05 Å². The van der Waals surface area contributed by atoms with Crippen LogP contribution in [-0.4, -0.2) is 47.7 Å². The number of likely N-dealkylation sites (N-methyl/N-ethyl adjacent to an activating group) is 1. The molecule has 3 heterocycles. The molecular formula is C14H20N4OS. The Hall–Kier alpha value is -1.24. The monoisotopic (exact) mass is 292 g/mol. The molecule has 2 unspecified atom stereocenters. The summed E-state index contributed by atoms with van der Waals surface area (Å²) in [4.78, 5) is 12.6. The maximum atomic E-state index is 5.63. The highest BCUT2D eigenvalue weighted by molar-refractivity contribution is 7.16. The van der Waals surface area contributed by atoms with Gasteiger partial charge >= 0.3 is 0 Å². The van der Waals surface area contributed by atoms with Crippen LogP contribution in [0.3, 0.4) is 0 Å². The quantitative estimate of drug-likeness (QED) is 0.937. The number of anilines is 1. The van der Waals surface area contributed by atoms with E-state index in [0.29, 0.717) is 6.04 Å². The van der Waals surface area contributed by atoms with E-state index in [1.165, 1.54) is 0 Å². The molecule has 2 aromatic heterocycles. The molecule has 20 heavy (non-hydrogen) atoms. The molecule has 0 spiro atoms. The van der Waals surface area contributed by atoms with Crippen molar-refractivity contribution in [3.05, 3.63) is 17.3 Å². The first-order valence-electron chi connectivity index (χ1n) is 6.92. The standard InChI is InChI=1S/C14H20N4OS/c1-9-11(4-6-19-9)18(3)8-12-16-13(15-2)10-5-7-20-14(10)17-12/h5,7,9,11H,4,6,8H2,1-3H3,(H,15,16,17). The second kappa shape index (κ2) is 5.63. The molecule has 108 valence electrons. The summed E-state index contributed by atoms with van der Waals surface area (Å²) in [7, 11) is 4.02. The summed E-state index contributed by atoms with van der Waals surface area (Å²) in [5.41, 5.74) is 0. The highest BCUT2D eigenvalue weighted by Crippen LogP contribution is 2.26. The van der Waals surface area contributed by atoms with Gasteiger partial charge in [0.25, 0.3) is 0 Å². The van der Waals surface area contributed by atoms with Crippen molar-refractivity contribution in [2.45, 2.75) is 32.0 Å². The van der Waals surface area contributed by atoms with Crippen LogP contribution in [0.1, 0.15) is 19.2 Å². The lowest BCUT2D eigenvalue weighted by Gasteiger charge is -2.25. The van der Waals surface area contributed by atoms with Crippen LogP contribution >= 0.6 is 11.3 Å². The molecule has 3 rings (SSSR count). The Labute approximate surface area is 123 Å². The van der Waals surface area contributed by atoms with Crippen molar-refractivity contribution in [3.63, 3.8) is 0 Å². The Balaban J connectivity index is 1.83. The van der Waals surface area contributed by atoms with Gasteiger partial charge in [-0.05, 0) is 31.8 Å².